The van der Waals surface area contributed by atoms with Crippen LogP contribution in [0.15, 0.2) is 10.7 Å². The van der Waals surface area contributed by atoms with E-state index in [4.69, 9.17) is 20.0 Å². The summed E-state index contributed by atoms with van der Waals surface area (Å²) in [5.74, 6) is -0.791. The zero-order valence-corrected chi connectivity index (χ0v) is 11.5. The third-order valence-electron chi connectivity index (χ3n) is 2.42. The molecule has 0 aliphatic rings. The van der Waals surface area contributed by atoms with Gasteiger partial charge in [-0.2, -0.15) is 0 Å². The van der Waals surface area contributed by atoms with Crippen LogP contribution in [0.2, 0.25) is 0 Å². The Morgan fingerprint density at radius 3 is 2.90 bits per heavy atom. The smallest absolute Gasteiger partial charge is 0.307 e. The summed E-state index contributed by atoms with van der Waals surface area (Å²) in [5, 5.41) is 11.4. The highest BCUT2D eigenvalue weighted by atomic mass is 16.5. The molecular weight excluding hydrogens is 266 g/mol. The standard InChI is InChI=1S/C12H19N3O5/c1-3-19-10(17)4-7(2)14-11(18)9-6-20-12(15-9)8(13)5-16/h6-8,16H,3-5,13H2,1-2H3,(H,14,18). The summed E-state index contributed by atoms with van der Waals surface area (Å²) in [4.78, 5) is 27.0. The van der Waals surface area contributed by atoms with Crippen molar-refractivity contribution in [3.63, 3.8) is 0 Å². The molecule has 8 heteroatoms. The minimum Gasteiger partial charge on any atom is -0.466 e. The molecule has 1 amide bonds. The highest BCUT2D eigenvalue weighted by molar-refractivity contribution is 5.92. The molecule has 0 radical (unpaired) electrons. The summed E-state index contributed by atoms with van der Waals surface area (Å²) < 4.78 is 9.77. The maximum Gasteiger partial charge on any atom is 0.307 e. The van der Waals surface area contributed by atoms with Crippen molar-refractivity contribution in [2.45, 2.75) is 32.4 Å². The number of hydrogen-bond acceptors (Lipinski definition) is 7. The molecule has 1 rings (SSSR count). The molecule has 1 aromatic heterocycles. The molecule has 2 unspecified atom stereocenters. The third kappa shape index (κ3) is 4.63. The molecule has 20 heavy (non-hydrogen) atoms. The number of nitrogens with zero attached hydrogens (tertiary/aromatic N) is 1. The van der Waals surface area contributed by atoms with Gasteiger partial charge >= 0.3 is 5.97 Å². The van der Waals surface area contributed by atoms with Crippen LogP contribution in [0, 0.1) is 0 Å². The zero-order valence-electron chi connectivity index (χ0n) is 11.5. The first-order valence-corrected chi connectivity index (χ1v) is 6.26. The Hall–Kier alpha value is -1.93. The molecule has 0 aliphatic carbocycles. The number of hydrogen-bond donors (Lipinski definition) is 3. The van der Waals surface area contributed by atoms with Crippen LogP contribution in [0.1, 0.15) is 42.7 Å². The highest BCUT2D eigenvalue weighted by Gasteiger charge is 2.19. The summed E-state index contributed by atoms with van der Waals surface area (Å²) in [6.07, 6.45) is 1.22. The molecule has 2 atom stereocenters. The van der Waals surface area contributed by atoms with Crippen molar-refractivity contribution in [1.82, 2.24) is 10.3 Å². The van der Waals surface area contributed by atoms with Crippen molar-refractivity contribution < 1.29 is 23.8 Å². The lowest BCUT2D eigenvalue weighted by atomic mass is 10.2. The number of amides is 1. The summed E-state index contributed by atoms with van der Waals surface area (Å²) >= 11 is 0. The van der Waals surface area contributed by atoms with Crippen molar-refractivity contribution in [2.24, 2.45) is 5.73 Å². The SMILES string of the molecule is CCOC(=O)CC(C)NC(=O)c1coc(C(N)CO)n1. The lowest BCUT2D eigenvalue weighted by Gasteiger charge is -2.11. The third-order valence-corrected chi connectivity index (χ3v) is 2.42. The van der Waals surface area contributed by atoms with Crippen LogP contribution in [0.5, 0.6) is 0 Å². The quantitative estimate of drug-likeness (QED) is 0.589. The van der Waals surface area contributed by atoms with Crippen molar-refractivity contribution in [1.29, 1.82) is 0 Å². The van der Waals surface area contributed by atoms with Crippen LogP contribution in [-0.4, -0.2) is 41.2 Å². The van der Waals surface area contributed by atoms with Gasteiger partial charge < -0.3 is 25.3 Å². The number of ether oxygens (including phenoxy) is 1. The normalized spacial score (nSPS) is 13.6. The van der Waals surface area contributed by atoms with E-state index in [9.17, 15) is 9.59 Å². The van der Waals surface area contributed by atoms with Gasteiger partial charge in [0.15, 0.2) is 5.69 Å². The minimum atomic E-state index is -0.770. The van der Waals surface area contributed by atoms with E-state index in [1.54, 1.807) is 13.8 Å². The molecule has 0 saturated heterocycles. The Labute approximate surface area is 116 Å². The van der Waals surface area contributed by atoms with Crippen LogP contribution >= 0.6 is 0 Å². The Morgan fingerprint density at radius 1 is 1.60 bits per heavy atom. The van der Waals surface area contributed by atoms with E-state index in [0.29, 0.717) is 6.61 Å². The number of esters is 1. The highest BCUT2D eigenvalue weighted by Crippen LogP contribution is 2.09. The fourth-order valence-electron chi connectivity index (χ4n) is 1.46. The Morgan fingerprint density at radius 2 is 2.30 bits per heavy atom. The van der Waals surface area contributed by atoms with Gasteiger partial charge in [-0.1, -0.05) is 0 Å². The van der Waals surface area contributed by atoms with Gasteiger partial charge in [0.2, 0.25) is 5.89 Å². The van der Waals surface area contributed by atoms with Gasteiger partial charge in [-0.3, -0.25) is 9.59 Å². The van der Waals surface area contributed by atoms with E-state index in [2.05, 4.69) is 10.3 Å². The van der Waals surface area contributed by atoms with Gasteiger partial charge in [0.25, 0.3) is 5.91 Å². The number of nitrogens with two attached hydrogens (primary N) is 1. The van der Waals surface area contributed by atoms with Crippen molar-refractivity contribution in [3.05, 3.63) is 17.8 Å². The van der Waals surface area contributed by atoms with E-state index >= 15 is 0 Å². The second-order valence-electron chi connectivity index (χ2n) is 4.24. The summed E-state index contributed by atoms with van der Waals surface area (Å²) in [6.45, 7) is 3.35. The monoisotopic (exact) mass is 285 g/mol. The molecule has 0 spiro atoms. The summed E-state index contributed by atoms with van der Waals surface area (Å²) in [5.41, 5.74) is 5.55. The van der Waals surface area contributed by atoms with E-state index in [0.717, 1.165) is 6.26 Å². The van der Waals surface area contributed by atoms with Gasteiger partial charge in [0, 0.05) is 6.04 Å². The topological polar surface area (TPSA) is 128 Å². The predicted molar refractivity (Wildman–Crippen MR) is 68.7 cm³/mol. The first-order chi connectivity index (χ1) is 9.47. The lowest BCUT2D eigenvalue weighted by Crippen LogP contribution is -2.34. The summed E-state index contributed by atoms with van der Waals surface area (Å²) in [7, 11) is 0. The molecule has 0 fully saturated rings. The van der Waals surface area contributed by atoms with Crippen molar-refractivity contribution >= 4 is 11.9 Å². The second-order valence-corrected chi connectivity index (χ2v) is 4.24. The van der Waals surface area contributed by atoms with E-state index in [1.807, 2.05) is 0 Å². The fraction of sp³-hybridized carbons (Fsp3) is 0.583. The Kier molecular flexibility index (Phi) is 6.13. The number of rotatable bonds is 7. The average molecular weight is 285 g/mol. The number of nitrogens with one attached hydrogen (secondary N) is 1. The lowest BCUT2D eigenvalue weighted by molar-refractivity contribution is -0.143. The molecule has 0 aromatic carbocycles. The Balaban J connectivity index is 2.53. The van der Waals surface area contributed by atoms with Crippen LogP contribution in [-0.2, 0) is 9.53 Å². The van der Waals surface area contributed by atoms with Crippen LogP contribution in [0.3, 0.4) is 0 Å². The fourth-order valence-corrected chi connectivity index (χ4v) is 1.46. The summed E-state index contributed by atoms with van der Waals surface area (Å²) in [6, 6.07) is -1.17. The van der Waals surface area contributed by atoms with Gasteiger partial charge in [0.1, 0.15) is 12.3 Å². The van der Waals surface area contributed by atoms with E-state index in [1.165, 1.54) is 0 Å². The van der Waals surface area contributed by atoms with Gasteiger partial charge in [-0.05, 0) is 13.8 Å². The molecule has 1 heterocycles. The van der Waals surface area contributed by atoms with Crippen molar-refractivity contribution in [3.8, 4) is 0 Å². The molecule has 0 bridgehead atoms. The maximum atomic E-state index is 11.8. The molecule has 1 aromatic rings. The van der Waals surface area contributed by atoms with Crippen LogP contribution in [0.4, 0.5) is 0 Å². The molecule has 8 nitrogen and oxygen atoms in total. The molecular formula is C12H19N3O5. The molecule has 0 aliphatic heterocycles. The Bertz CT molecular complexity index is 460. The largest absolute Gasteiger partial charge is 0.466 e. The molecule has 0 saturated carbocycles. The molecule has 4 N–H and O–H groups in total. The van der Waals surface area contributed by atoms with Crippen LogP contribution < -0.4 is 11.1 Å². The number of oxazole rings is 1. The maximum absolute atomic E-state index is 11.8. The number of carbonyl (C=O) groups is 2. The second kappa shape index (κ2) is 7.61. The van der Waals surface area contributed by atoms with E-state index in [-0.39, 0.29) is 30.6 Å². The number of aliphatic hydroxyl groups excluding tert-OH is 1. The van der Waals surface area contributed by atoms with Gasteiger partial charge in [-0.15, -0.1) is 0 Å². The first kappa shape index (κ1) is 16.1. The minimum absolute atomic E-state index is 0.0413. The van der Waals surface area contributed by atoms with E-state index < -0.39 is 18.0 Å². The molecule has 112 valence electrons. The van der Waals surface area contributed by atoms with Gasteiger partial charge in [0.05, 0.1) is 19.6 Å². The zero-order chi connectivity index (χ0) is 15.1. The predicted octanol–water partition coefficient (Wildman–Crippen LogP) is -0.262. The van der Waals surface area contributed by atoms with Crippen molar-refractivity contribution in [2.75, 3.05) is 13.2 Å². The average Bonchev–Trinajstić information content (AvgIpc) is 2.87. The number of aliphatic hydroxyl groups is 1. The van der Waals surface area contributed by atoms with Gasteiger partial charge in [-0.25, -0.2) is 4.98 Å². The number of carbonyl (C=O) groups excluding carboxylic acids is 2. The first-order valence-electron chi connectivity index (χ1n) is 6.26. The van der Waals surface area contributed by atoms with Crippen LogP contribution in [0.25, 0.3) is 0 Å². The number of aromatic nitrogens is 1.